The number of hydrogen-bond acceptors (Lipinski definition) is 7. The molecule has 1 fully saturated rings. The quantitative estimate of drug-likeness (QED) is 0.588. The number of nitro groups is 1. The molecule has 0 atom stereocenters. The highest BCUT2D eigenvalue weighted by Gasteiger charge is 2.16. The molecule has 8 nitrogen and oxygen atoms in total. The molecule has 1 aliphatic heterocycles. The van der Waals surface area contributed by atoms with Crippen molar-refractivity contribution in [1.29, 1.82) is 0 Å². The summed E-state index contributed by atoms with van der Waals surface area (Å²) in [5, 5.41) is 16.9. The van der Waals surface area contributed by atoms with Gasteiger partial charge in [0, 0.05) is 39.3 Å². The Morgan fingerprint density at radius 1 is 1.45 bits per heavy atom. The highest BCUT2D eigenvalue weighted by Crippen LogP contribution is 2.23. The summed E-state index contributed by atoms with van der Waals surface area (Å²) < 4.78 is 5.27. The molecule has 0 aromatic carbocycles. The molecule has 0 saturated carbocycles. The van der Waals surface area contributed by atoms with E-state index in [4.69, 9.17) is 4.74 Å². The fourth-order valence-corrected chi connectivity index (χ4v) is 2.03. The number of anilines is 2. The van der Waals surface area contributed by atoms with Crippen LogP contribution in [-0.4, -0.2) is 61.2 Å². The molecule has 0 spiro atoms. The molecule has 0 amide bonds. The molecule has 2 heterocycles. The Labute approximate surface area is 117 Å². The van der Waals surface area contributed by atoms with Gasteiger partial charge in [-0.05, 0) is 6.07 Å². The van der Waals surface area contributed by atoms with Gasteiger partial charge in [0.25, 0.3) is 0 Å². The van der Waals surface area contributed by atoms with Crippen molar-refractivity contribution in [2.24, 2.45) is 0 Å². The van der Waals surface area contributed by atoms with E-state index in [9.17, 15) is 10.1 Å². The normalized spacial score (nSPS) is 15.8. The SMILES string of the molecule is CNc1ccc([N+](=O)[O-])c(NCCN2CCOCC2)n1. The zero-order valence-electron chi connectivity index (χ0n) is 11.5. The summed E-state index contributed by atoms with van der Waals surface area (Å²) in [4.78, 5) is 17.0. The number of nitrogens with zero attached hydrogens (tertiary/aromatic N) is 3. The number of aromatic nitrogens is 1. The summed E-state index contributed by atoms with van der Waals surface area (Å²) in [6.45, 7) is 4.70. The van der Waals surface area contributed by atoms with Crippen LogP contribution in [0.3, 0.4) is 0 Å². The number of hydrogen-bond donors (Lipinski definition) is 2. The molecule has 0 aliphatic carbocycles. The number of pyridine rings is 1. The molecule has 1 aliphatic rings. The van der Waals surface area contributed by atoms with Gasteiger partial charge in [-0.1, -0.05) is 0 Å². The smallest absolute Gasteiger partial charge is 0.311 e. The van der Waals surface area contributed by atoms with E-state index in [2.05, 4.69) is 20.5 Å². The summed E-state index contributed by atoms with van der Waals surface area (Å²) in [7, 11) is 1.73. The molecule has 2 N–H and O–H groups in total. The van der Waals surface area contributed by atoms with Gasteiger partial charge in [0.15, 0.2) is 0 Å². The first kappa shape index (κ1) is 14.5. The van der Waals surface area contributed by atoms with Gasteiger partial charge in [-0.3, -0.25) is 15.0 Å². The maximum Gasteiger partial charge on any atom is 0.311 e. The minimum Gasteiger partial charge on any atom is -0.379 e. The Balaban J connectivity index is 1.94. The Morgan fingerprint density at radius 3 is 2.85 bits per heavy atom. The largest absolute Gasteiger partial charge is 0.379 e. The lowest BCUT2D eigenvalue weighted by molar-refractivity contribution is -0.384. The molecule has 0 bridgehead atoms. The van der Waals surface area contributed by atoms with Crippen LogP contribution in [0.25, 0.3) is 0 Å². The Bertz CT molecular complexity index is 462. The molecule has 0 unspecified atom stereocenters. The summed E-state index contributed by atoms with van der Waals surface area (Å²) >= 11 is 0. The van der Waals surface area contributed by atoms with Gasteiger partial charge in [-0.2, -0.15) is 0 Å². The standard InChI is InChI=1S/C12H19N5O3/c1-13-11-3-2-10(17(18)19)12(15-11)14-4-5-16-6-8-20-9-7-16/h2-3H,4-9H2,1H3,(H2,13,14,15). The number of ether oxygens (including phenoxy) is 1. The maximum atomic E-state index is 11.0. The molecule has 20 heavy (non-hydrogen) atoms. The minimum absolute atomic E-state index is 0.00835. The summed E-state index contributed by atoms with van der Waals surface area (Å²) in [5.74, 6) is 0.902. The molecule has 8 heteroatoms. The van der Waals surface area contributed by atoms with Crippen LogP contribution in [-0.2, 0) is 4.74 Å². The average Bonchev–Trinajstić information content (AvgIpc) is 2.48. The lowest BCUT2D eigenvalue weighted by atomic mass is 10.3. The van der Waals surface area contributed by atoms with Crippen molar-refractivity contribution in [2.45, 2.75) is 0 Å². The third-order valence-corrected chi connectivity index (χ3v) is 3.15. The van der Waals surface area contributed by atoms with Crippen molar-refractivity contribution in [1.82, 2.24) is 9.88 Å². The van der Waals surface area contributed by atoms with Crippen LogP contribution in [0.2, 0.25) is 0 Å². The Hall–Kier alpha value is -1.93. The highest BCUT2D eigenvalue weighted by atomic mass is 16.6. The van der Waals surface area contributed by atoms with Gasteiger partial charge >= 0.3 is 5.69 Å². The number of morpholine rings is 1. The van der Waals surface area contributed by atoms with E-state index in [0.29, 0.717) is 18.2 Å². The van der Waals surface area contributed by atoms with Gasteiger partial charge in [0.05, 0.1) is 18.1 Å². The monoisotopic (exact) mass is 281 g/mol. The van der Waals surface area contributed by atoms with E-state index in [-0.39, 0.29) is 5.69 Å². The molecule has 110 valence electrons. The van der Waals surface area contributed by atoms with Crippen molar-refractivity contribution in [3.8, 4) is 0 Å². The van der Waals surface area contributed by atoms with Gasteiger partial charge in [-0.25, -0.2) is 4.98 Å². The topological polar surface area (TPSA) is 92.6 Å². The predicted octanol–water partition coefficient (Wildman–Crippen LogP) is 0.776. The van der Waals surface area contributed by atoms with E-state index < -0.39 is 4.92 Å². The lowest BCUT2D eigenvalue weighted by Crippen LogP contribution is -2.39. The van der Waals surface area contributed by atoms with E-state index in [0.717, 1.165) is 32.8 Å². The van der Waals surface area contributed by atoms with Crippen LogP contribution in [0.4, 0.5) is 17.3 Å². The van der Waals surface area contributed by atoms with Crippen LogP contribution in [0.1, 0.15) is 0 Å². The van der Waals surface area contributed by atoms with Crippen LogP contribution in [0.5, 0.6) is 0 Å². The number of nitrogens with one attached hydrogen (secondary N) is 2. The van der Waals surface area contributed by atoms with Gasteiger partial charge in [0.1, 0.15) is 5.82 Å². The van der Waals surface area contributed by atoms with Crippen LogP contribution in [0.15, 0.2) is 12.1 Å². The van der Waals surface area contributed by atoms with Crippen molar-refractivity contribution < 1.29 is 9.66 Å². The van der Waals surface area contributed by atoms with E-state index in [1.807, 2.05) is 0 Å². The molecular formula is C12H19N5O3. The molecule has 1 aromatic heterocycles. The van der Waals surface area contributed by atoms with E-state index in [1.165, 1.54) is 6.07 Å². The Kier molecular flexibility index (Phi) is 5.08. The third kappa shape index (κ3) is 3.78. The Morgan fingerprint density at radius 2 is 2.20 bits per heavy atom. The molecule has 0 radical (unpaired) electrons. The average molecular weight is 281 g/mol. The second-order valence-electron chi connectivity index (χ2n) is 4.45. The van der Waals surface area contributed by atoms with E-state index >= 15 is 0 Å². The molecule has 1 aromatic rings. The first-order valence-electron chi connectivity index (χ1n) is 6.58. The van der Waals surface area contributed by atoms with Crippen molar-refractivity contribution >= 4 is 17.3 Å². The summed E-state index contributed by atoms with van der Waals surface area (Å²) in [6, 6.07) is 3.04. The predicted molar refractivity (Wildman–Crippen MR) is 76.2 cm³/mol. The minimum atomic E-state index is -0.427. The van der Waals surface area contributed by atoms with Crippen molar-refractivity contribution in [2.75, 3.05) is 57.1 Å². The molecule has 2 rings (SSSR count). The molecule has 1 saturated heterocycles. The maximum absolute atomic E-state index is 11.0. The summed E-state index contributed by atoms with van der Waals surface area (Å²) in [5.41, 5.74) is -0.00835. The highest BCUT2D eigenvalue weighted by molar-refractivity contribution is 5.60. The van der Waals surface area contributed by atoms with Gasteiger partial charge in [-0.15, -0.1) is 0 Å². The first-order chi connectivity index (χ1) is 9.70. The zero-order valence-corrected chi connectivity index (χ0v) is 11.5. The van der Waals surface area contributed by atoms with Crippen molar-refractivity contribution in [3.05, 3.63) is 22.2 Å². The number of rotatable bonds is 6. The first-order valence-corrected chi connectivity index (χ1v) is 6.58. The van der Waals surface area contributed by atoms with Crippen molar-refractivity contribution in [3.63, 3.8) is 0 Å². The zero-order chi connectivity index (χ0) is 14.4. The lowest BCUT2D eigenvalue weighted by Gasteiger charge is -2.26. The fourth-order valence-electron chi connectivity index (χ4n) is 2.03. The van der Waals surface area contributed by atoms with Gasteiger partial charge < -0.3 is 15.4 Å². The van der Waals surface area contributed by atoms with Crippen LogP contribution >= 0.6 is 0 Å². The van der Waals surface area contributed by atoms with Crippen LogP contribution < -0.4 is 10.6 Å². The second-order valence-corrected chi connectivity index (χ2v) is 4.45. The second kappa shape index (κ2) is 7.01. The van der Waals surface area contributed by atoms with Crippen LogP contribution in [0, 0.1) is 10.1 Å². The third-order valence-electron chi connectivity index (χ3n) is 3.15. The molecular weight excluding hydrogens is 262 g/mol. The summed E-state index contributed by atoms with van der Waals surface area (Å²) in [6.07, 6.45) is 0. The van der Waals surface area contributed by atoms with Gasteiger partial charge in [0.2, 0.25) is 5.82 Å². The fraction of sp³-hybridized carbons (Fsp3) is 0.583. The van der Waals surface area contributed by atoms with E-state index in [1.54, 1.807) is 13.1 Å².